The van der Waals surface area contributed by atoms with E-state index in [-0.39, 0.29) is 18.0 Å². The SMILES string of the molecule is CCc1cnc(Cn2c(CCl)nc3ccccc3c2=O)o1. The highest BCUT2D eigenvalue weighted by atomic mass is 35.5. The van der Waals surface area contributed by atoms with Gasteiger partial charge >= 0.3 is 0 Å². The molecule has 0 saturated heterocycles. The standard InChI is InChI=1S/C15H14ClN3O2/c1-2-10-8-17-14(21-10)9-19-13(7-16)18-12-6-4-3-5-11(12)15(19)20/h3-6,8H,2,7,9H2,1H3. The van der Waals surface area contributed by atoms with Crippen LogP contribution in [0.2, 0.25) is 0 Å². The summed E-state index contributed by atoms with van der Waals surface area (Å²) >= 11 is 5.93. The number of hydrogen-bond acceptors (Lipinski definition) is 4. The summed E-state index contributed by atoms with van der Waals surface area (Å²) in [5.74, 6) is 1.94. The van der Waals surface area contributed by atoms with E-state index in [1.54, 1.807) is 18.3 Å². The molecule has 2 aromatic heterocycles. The van der Waals surface area contributed by atoms with Gasteiger partial charge in [0.15, 0.2) is 0 Å². The normalized spacial score (nSPS) is 11.1. The Kier molecular flexibility index (Phi) is 3.75. The van der Waals surface area contributed by atoms with Crippen LogP contribution in [0.4, 0.5) is 0 Å². The fourth-order valence-electron chi connectivity index (χ4n) is 2.20. The molecular formula is C15H14ClN3O2. The zero-order valence-corrected chi connectivity index (χ0v) is 12.3. The molecule has 1 aromatic carbocycles. The second kappa shape index (κ2) is 5.69. The topological polar surface area (TPSA) is 60.9 Å². The predicted octanol–water partition coefficient (Wildman–Crippen LogP) is 2.73. The van der Waals surface area contributed by atoms with Crippen molar-refractivity contribution in [3.63, 3.8) is 0 Å². The number of hydrogen-bond donors (Lipinski definition) is 0. The average molecular weight is 304 g/mol. The molecule has 0 unspecified atom stereocenters. The third-order valence-corrected chi connectivity index (χ3v) is 3.54. The van der Waals surface area contributed by atoms with Crippen molar-refractivity contribution in [3.8, 4) is 0 Å². The Balaban J connectivity index is 2.12. The van der Waals surface area contributed by atoms with Crippen molar-refractivity contribution in [2.75, 3.05) is 0 Å². The number of oxazole rings is 1. The van der Waals surface area contributed by atoms with E-state index in [2.05, 4.69) is 9.97 Å². The molecule has 0 aliphatic carbocycles. The van der Waals surface area contributed by atoms with Crippen molar-refractivity contribution in [1.29, 1.82) is 0 Å². The van der Waals surface area contributed by atoms with E-state index in [0.717, 1.165) is 12.2 Å². The lowest BCUT2D eigenvalue weighted by Crippen LogP contribution is -2.25. The first-order valence-electron chi connectivity index (χ1n) is 6.71. The maximum absolute atomic E-state index is 12.6. The first kappa shape index (κ1) is 13.8. The largest absolute Gasteiger partial charge is 0.444 e. The molecule has 0 aliphatic heterocycles. The molecule has 5 nitrogen and oxygen atoms in total. The van der Waals surface area contributed by atoms with Gasteiger partial charge in [0.25, 0.3) is 5.56 Å². The molecule has 0 amide bonds. The van der Waals surface area contributed by atoms with Crippen LogP contribution in [0.1, 0.15) is 24.4 Å². The number of nitrogens with zero attached hydrogens (tertiary/aromatic N) is 3. The molecule has 0 aliphatic rings. The third kappa shape index (κ3) is 2.56. The highest BCUT2D eigenvalue weighted by molar-refractivity contribution is 6.16. The summed E-state index contributed by atoms with van der Waals surface area (Å²) in [6.07, 6.45) is 2.44. The van der Waals surface area contributed by atoms with Crippen LogP contribution in [0, 0.1) is 0 Å². The summed E-state index contributed by atoms with van der Waals surface area (Å²) in [6.45, 7) is 2.22. The van der Waals surface area contributed by atoms with Crippen molar-refractivity contribution in [1.82, 2.24) is 14.5 Å². The van der Waals surface area contributed by atoms with Crippen LogP contribution in [-0.4, -0.2) is 14.5 Å². The summed E-state index contributed by atoms with van der Waals surface area (Å²) in [5, 5.41) is 0.564. The Morgan fingerprint density at radius 1 is 1.33 bits per heavy atom. The Hall–Kier alpha value is -2.14. The predicted molar refractivity (Wildman–Crippen MR) is 80.5 cm³/mol. The molecule has 0 fully saturated rings. The van der Waals surface area contributed by atoms with Crippen LogP contribution in [0.15, 0.2) is 39.7 Å². The van der Waals surface area contributed by atoms with E-state index in [1.807, 2.05) is 19.1 Å². The number of aromatic nitrogens is 3. The van der Waals surface area contributed by atoms with Crippen LogP contribution in [0.3, 0.4) is 0 Å². The minimum absolute atomic E-state index is 0.132. The fraction of sp³-hybridized carbons (Fsp3) is 0.267. The smallest absolute Gasteiger partial charge is 0.261 e. The number of halogens is 1. The lowest BCUT2D eigenvalue weighted by atomic mass is 10.2. The van der Waals surface area contributed by atoms with Crippen molar-refractivity contribution in [2.45, 2.75) is 25.8 Å². The number of rotatable bonds is 4. The Bertz CT molecular complexity index is 838. The quantitative estimate of drug-likeness (QED) is 0.695. The zero-order valence-electron chi connectivity index (χ0n) is 11.5. The van der Waals surface area contributed by atoms with Crippen molar-refractivity contribution < 1.29 is 4.42 Å². The van der Waals surface area contributed by atoms with E-state index >= 15 is 0 Å². The Labute approximate surface area is 126 Å². The highest BCUT2D eigenvalue weighted by Crippen LogP contribution is 2.12. The van der Waals surface area contributed by atoms with Crippen molar-refractivity contribution >= 4 is 22.5 Å². The molecule has 2 heterocycles. The molecule has 0 bridgehead atoms. The summed E-state index contributed by atoms with van der Waals surface area (Å²) < 4.78 is 7.08. The first-order chi connectivity index (χ1) is 10.2. The van der Waals surface area contributed by atoms with Crippen molar-refractivity contribution in [2.24, 2.45) is 0 Å². The number of para-hydroxylation sites is 1. The molecule has 108 valence electrons. The Morgan fingerprint density at radius 2 is 2.14 bits per heavy atom. The van der Waals surface area contributed by atoms with Gasteiger partial charge in [-0.1, -0.05) is 19.1 Å². The van der Waals surface area contributed by atoms with Crippen LogP contribution in [0.25, 0.3) is 10.9 Å². The Morgan fingerprint density at radius 3 is 2.86 bits per heavy atom. The molecule has 0 saturated carbocycles. The van der Waals surface area contributed by atoms with Gasteiger partial charge < -0.3 is 4.42 Å². The van der Waals surface area contributed by atoms with Gasteiger partial charge in [-0.15, -0.1) is 11.6 Å². The maximum atomic E-state index is 12.6. The molecule has 0 N–H and O–H groups in total. The zero-order chi connectivity index (χ0) is 14.8. The number of aryl methyl sites for hydroxylation is 1. The second-order valence-electron chi connectivity index (χ2n) is 4.64. The first-order valence-corrected chi connectivity index (χ1v) is 7.24. The minimum Gasteiger partial charge on any atom is -0.444 e. The van der Waals surface area contributed by atoms with Crippen LogP contribution in [-0.2, 0) is 18.8 Å². The monoisotopic (exact) mass is 303 g/mol. The molecule has 0 atom stereocenters. The summed E-state index contributed by atoms with van der Waals surface area (Å²) in [5.41, 5.74) is 0.517. The molecular weight excluding hydrogens is 290 g/mol. The molecule has 0 spiro atoms. The van der Waals surface area contributed by atoms with Gasteiger partial charge in [0.05, 0.1) is 23.0 Å². The van der Waals surface area contributed by atoms with Gasteiger partial charge in [-0.3, -0.25) is 9.36 Å². The molecule has 6 heteroatoms. The van der Waals surface area contributed by atoms with Crippen LogP contribution < -0.4 is 5.56 Å². The van der Waals surface area contributed by atoms with Gasteiger partial charge in [0, 0.05) is 6.42 Å². The van der Waals surface area contributed by atoms with Gasteiger partial charge in [-0.05, 0) is 12.1 Å². The number of fused-ring (bicyclic) bond motifs is 1. The summed E-state index contributed by atoms with van der Waals surface area (Å²) in [4.78, 5) is 21.2. The van der Waals surface area contributed by atoms with E-state index in [1.165, 1.54) is 4.57 Å². The van der Waals surface area contributed by atoms with Crippen LogP contribution in [0.5, 0.6) is 0 Å². The lowest BCUT2D eigenvalue weighted by Gasteiger charge is -2.09. The van der Waals surface area contributed by atoms with Gasteiger partial charge in [0.1, 0.15) is 18.1 Å². The van der Waals surface area contributed by atoms with Gasteiger partial charge in [0.2, 0.25) is 5.89 Å². The highest BCUT2D eigenvalue weighted by Gasteiger charge is 2.12. The van der Waals surface area contributed by atoms with E-state index in [0.29, 0.717) is 22.6 Å². The van der Waals surface area contributed by atoms with Gasteiger partial charge in [-0.25, -0.2) is 9.97 Å². The molecule has 3 aromatic rings. The molecule has 0 radical (unpaired) electrons. The number of alkyl halides is 1. The van der Waals surface area contributed by atoms with Crippen LogP contribution >= 0.6 is 11.6 Å². The van der Waals surface area contributed by atoms with Crippen molar-refractivity contribution in [3.05, 3.63) is 58.3 Å². The van der Waals surface area contributed by atoms with E-state index in [4.69, 9.17) is 16.0 Å². The second-order valence-corrected chi connectivity index (χ2v) is 4.91. The van der Waals surface area contributed by atoms with E-state index in [9.17, 15) is 4.79 Å². The van der Waals surface area contributed by atoms with Gasteiger partial charge in [-0.2, -0.15) is 0 Å². The van der Waals surface area contributed by atoms with E-state index < -0.39 is 0 Å². The minimum atomic E-state index is -0.132. The molecule has 3 rings (SSSR count). The fourth-order valence-corrected chi connectivity index (χ4v) is 2.40. The average Bonchev–Trinajstić information content (AvgIpc) is 2.97. The number of benzene rings is 1. The summed E-state index contributed by atoms with van der Waals surface area (Å²) in [7, 11) is 0. The molecule has 21 heavy (non-hydrogen) atoms. The third-order valence-electron chi connectivity index (χ3n) is 3.30. The maximum Gasteiger partial charge on any atom is 0.261 e. The lowest BCUT2D eigenvalue weighted by molar-refractivity contribution is 0.440. The summed E-state index contributed by atoms with van der Waals surface area (Å²) in [6, 6.07) is 7.22.